The maximum absolute atomic E-state index is 5.91. The highest BCUT2D eigenvalue weighted by Crippen LogP contribution is 2.42. The van der Waals surface area contributed by atoms with Crippen molar-refractivity contribution in [1.29, 1.82) is 0 Å². The Hall–Kier alpha value is -3.27. The predicted octanol–water partition coefficient (Wildman–Crippen LogP) is 5.07. The van der Waals surface area contributed by atoms with Crippen molar-refractivity contribution in [3.05, 3.63) is 78.4 Å². The molecule has 26 heavy (non-hydrogen) atoms. The molecule has 4 nitrogen and oxygen atoms in total. The van der Waals surface area contributed by atoms with Gasteiger partial charge in [-0.3, -0.25) is 4.57 Å². The normalized spacial score (nSPS) is 15.2. The van der Waals surface area contributed by atoms with Crippen molar-refractivity contribution in [2.24, 2.45) is 0 Å². The first-order chi connectivity index (χ1) is 12.9. The lowest BCUT2D eigenvalue weighted by Gasteiger charge is -2.31. The third kappa shape index (κ3) is 2.19. The standard InChI is InChI=1S/C22H19N3O/c1-2-26-20-14-8-4-10-16(20)22-23-17-11-5-3-9-15(17)21-24-18-12-6-7-13-19(18)25(21)22/h3-14,22-23H,2H2,1H3. The van der Waals surface area contributed by atoms with Gasteiger partial charge in [0.15, 0.2) is 0 Å². The molecule has 0 bridgehead atoms. The van der Waals surface area contributed by atoms with Crippen LogP contribution in [0.15, 0.2) is 72.8 Å². The molecular formula is C22H19N3O. The zero-order valence-corrected chi connectivity index (χ0v) is 14.5. The number of rotatable bonds is 3. The number of hydrogen-bond donors (Lipinski definition) is 1. The highest BCUT2D eigenvalue weighted by Gasteiger charge is 2.29. The van der Waals surface area contributed by atoms with E-state index in [1.807, 2.05) is 25.1 Å². The number of hydrogen-bond acceptors (Lipinski definition) is 3. The summed E-state index contributed by atoms with van der Waals surface area (Å²) in [7, 11) is 0. The number of fused-ring (bicyclic) bond motifs is 5. The van der Waals surface area contributed by atoms with Crippen LogP contribution in [0.1, 0.15) is 18.7 Å². The van der Waals surface area contributed by atoms with Crippen LogP contribution in [-0.2, 0) is 0 Å². The SMILES string of the molecule is CCOc1ccccc1C1Nc2ccccc2-c2nc3ccccc3n21. The summed E-state index contributed by atoms with van der Waals surface area (Å²) in [5.41, 5.74) is 5.43. The van der Waals surface area contributed by atoms with Crippen LogP contribution in [-0.4, -0.2) is 16.2 Å². The van der Waals surface area contributed by atoms with Gasteiger partial charge in [0.2, 0.25) is 0 Å². The van der Waals surface area contributed by atoms with E-state index in [-0.39, 0.29) is 6.17 Å². The van der Waals surface area contributed by atoms with Crippen molar-refractivity contribution in [3.63, 3.8) is 0 Å². The van der Waals surface area contributed by atoms with Gasteiger partial charge < -0.3 is 10.1 Å². The number of nitrogens with zero attached hydrogens (tertiary/aromatic N) is 2. The number of imidazole rings is 1. The maximum atomic E-state index is 5.91. The smallest absolute Gasteiger partial charge is 0.145 e. The van der Waals surface area contributed by atoms with Crippen LogP contribution in [0.3, 0.4) is 0 Å². The molecule has 2 heterocycles. The summed E-state index contributed by atoms with van der Waals surface area (Å²) in [6, 6.07) is 24.8. The number of ether oxygens (including phenoxy) is 1. The van der Waals surface area contributed by atoms with Crippen molar-refractivity contribution < 1.29 is 4.74 Å². The lowest BCUT2D eigenvalue weighted by Crippen LogP contribution is -2.25. The second kappa shape index (κ2) is 5.92. The minimum absolute atomic E-state index is 0.0740. The lowest BCUT2D eigenvalue weighted by molar-refractivity contribution is 0.333. The van der Waals surface area contributed by atoms with E-state index in [1.165, 1.54) is 0 Å². The Bertz CT molecular complexity index is 1100. The number of para-hydroxylation sites is 4. The van der Waals surface area contributed by atoms with E-state index in [1.54, 1.807) is 0 Å². The largest absolute Gasteiger partial charge is 0.493 e. The van der Waals surface area contributed by atoms with Crippen LogP contribution in [0.5, 0.6) is 5.75 Å². The third-order valence-electron chi connectivity index (χ3n) is 4.83. The minimum Gasteiger partial charge on any atom is -0.493 e. The molecule has 0 aliphatic carbocycles. The molecule has 0 radical (unpaired) electrons. The Morgan fingerprint density at radius 1 is 0.962 bits per heavy atom. The first kappa shape index (κ1) is 15.0. The molecule has 0 saturated heterocycles. The van der Waals surface area contributed by atoms with Gasteiger partial charge in [0.25, 0.3) is 0 Å². The molecule has 1 unspecified atom stereocenters. The van der Waals surface area contributed by atoms with Gasteiger partial charge in [0.1, 0.15) is 17.7 Å². The average molecular weight is 341 g/mol. The highest BCUT2D eigenvalue weighted by atomic mass is 16.5. The molecule has 0 fully saturated rings. The first-order valence-electron chi connectivity index (χ1n) is 8.91. The van der Waals surface area contributed by atoms with E-state index in [4.69, 9.17) is 9.72 Å². The van der Waals surface area contributed by atoms with E-state index in [0.29, 0.717) is 6.61 Å². The zero-order valence-electron chi connectivity index (χ0n) is 14.5. The molecule has 0 saturated carbocycles. The van der Waals surface area contributed by atoms with E-state index in [2.05, 4.69) is 64.5 Å². The fraction of sp³-hybridized carbons (Fsp3) is 0.136. The number of aromatic nitrogens is 2. The number of nitrogens with one attached hydrogen (secondary N) is 1. The fourth-order valence-corrected chi connectivity index (χ4v) is 3.72. The van der Waals surface area contributed by atoms with Gasteiger partial charge in [-0.25, -0.2) is 4.98 Å². The van der Waals surface area contributed by atoms with Crippen LogP contribution in [0.4, 0.5) is 5.69 Å². The molecule has 5 rings (SSSR count). The molecule has 4 aromatic rings. The van der Waals surface area contributed by atoms with Gasteiger partial charge in [0.05, 0.1) is 17.6 Å². The summed E-state index contributed by atoms with van der Waals surface area (Å²) in [6.07, 6.45) is -0.0740. The van der Waals surface area contributed by atoms with E-state index in [9.17, 15) is 0 Å². The highest BCUT2D eigenvalue weighted by molar-refractivity contribution is 5.86. The molecule has 3 aromatic carbocycles. The third-order valence-corrected chi connectivity index (χ3v) is 4.83. The minimum atomic E-state index is -0.0740. The van der Waals surface area contributed by atoms with Crippen LogP contribution >= 0.6 is 0 Å². The molecule has 1 aliphatic heterocycles. The van der Waals surface area contributed by atoms with Crippen molar-refractivity contribution in [1.82, 2.24) is 9.55 Å². The van der Waals surface area contributed by atoms with Crippen molar-refractivity contribution in [3.8, 4) is 17.1 Å². The molecule has 1 atom stereocenters. The van der Waals surface area contributed by atoms with Crippen LogP contribution in [0, 0.1) is 0 Å². The Kier molecular flexibility index (Phi) is 3.42. The Labute approximate surface area is 152 Å². The summed E-state index contributed by atoms with van der Waals surface area (Å²) in [6.45, 7) is 2.65. The van der Waals surface area contributed by atoms with Crippen LogP contribution in [0.25, 0.3) is 22.4 Å². The van der Waals surface area contributed by atoms with Gasteiger partial charge >= 0.3 is 0 Å². The summed E-state index contributed by atoms with van der Waals surface area (Å²) in [4.78, 5) is 4.93. The summed E-state index contributed by atoms with van der Waals surface area (Å²) < 4.78 is 8.18. The molecule has 1 N–H and O–H groups in total. The summed E-state index contributed by atoms with van der Waals surface area (Å²) in [5.74, 6) is 1.88. The molecular weight excluding hydrogens is 322 g/mol. The Balaban J connectivity index is 1.80. The van der Waals surface area contributed by atoms with Gasteiger partial charge in [-0.05, 0) is 37.3 Å². The van der Waals surface area contributed by atoms with Gasteiger partial charge in [-0.1, -0.05) is 42.5 Å². The van der Waals surface area contributed by atoms with E-state index in [0.717, 1.165) is 39.4 Å². The second-order valence-electron chi connectivity index (χ2n) is 6.36. The topological polar surface area (TPSA) is 39.1 Å². The molecule has 0 amide bonds. The average Bonchev–Trinajstić information content (AvgIpc) is 3.08. The maximum Gasteiger partial charge on any atom is 0.145 e. The molecule has 0 spiro atoms. The molecule has 128 valence electrons. The van der Waals surface area contributed by atoms with Crippen LogP contribution < -0.4 is 10.1 Å². The number of anilines is 1. The van der Waals surface area contributed by atoms with Gasteiger partial charge in [-0.2, -0.15) is 0 Å². The summed E-state index contributed by atoms with van der Waals surface area (Å²) in [5, 5.41) is 3.69. The summed E-state index contributed by atoms with van der Waals surface area (Å²) >= 11 is 0. The lowest BCUT2D eigenvalue weighted by atomic mass is 10.0. The number of benzene rings is 3. The monoisotopic (exact) mass is 341 g/mol. The van der Waals surface area contributed by atoms with Crippen LogP contribution in [0.2, 0.25) is 0 Å². The quantitative estimate of drug-likeness (QED) is 0.565. The second-order valence-corrected chi connectivity index (χ2v) is 6.36. The van der Waals surface area contributed by atoms with E-state index < -0.39 is 0 Å². The van der Waals surface area contributed by atoms with E-state index >= 15 is 0 Å². The molecule has 4 heteroatoms. The molecule has 1 aliphatic rings. The van der Waals surface area contributed by atoms with Crippen molar-refractivity contribution >= 4 is 16.7 Å². The molecule has 1 aromatic heterocycles. The Morgan fingerprint density at radius 2 is 1.73 bits per heavy atom. The fourth-order valence-electron chi connectivity index (χ4n) is 3.72. The first-order valence-corrected chi connectivity index (χ1v) is 8.91. The zero-order chi connectivity index (χ0) is 17.5. The van der Waals surface area contributed by atoms with Gasteiger partial charge in [0, 0.05) is 16.8 Å². The van der Waals surface area contributed by atoms with Gasteiger partial charge in [-0.15, -0.1) is 0 Å². The Morgan fingerprint density at radius 3 is 2.65 bits per heavy atom. The van der Waals surface area contributed by atoms with Crippen molar-refractivity contribution in [2.45, 2.75) is 13.1 Å². The van der Waals surface area contributed by atoms with Crippen molar-refractivity contribution in [2.75, 3.05) is 11.9 Å². The predicted molar refractivity (Wildman–Crippen MR) is 105 cm³/mol.